The van der Waals surface area contributed by atoms with Gasteiger partial charge >= 0.3 is 6.18 Å². The Morgan fingerprint density at radius 1 is 1.22 bits per heavy atom. The second kappa shape index (κ2) is 10.9. The average molecular weight is 529 g/mol. The van der Waals surface area contributed by atoms with Gasteiger partial charge in [-0.15, -0.1) is 0 Å². The molecule has 3 aliphatic rings. The number of carbonyl (C=O) groups is 2. The van der Waals surface area contributed by atoms with Gasteiger partial charge in [0.1, 0.15) is 18.8 Å². The highest BCUT2D eigenvalue weighted by Crippen LogP contribution is 2.51. The van der Waals surface area contributed by atoms with E-state index in [4.69, 9.17) is 9.47 Å². The third-order valence-corrected chi connectivity index (χ3v) is 7.19. The second-order valence-corrected chi connectivity index (χ2v) is 9.58. The summed E-state index contributed by atoms with van der Waals surface area (Å²) in [6.45, 7) is -2.41. The lowest BCUT2D eigenvalue weighted by molar-refractivity contribution is -0.172. The third kappa shape index (κ3) is 5.41. The first kappa shape index (κ1) is 27.2. The fourth-order valence-corrected chi connectivity index (χ4v) is 5.55. The summed E-state index contributed by atoms with van der Waals surface area (Å²) in [5.74, 6) is -2.48. The van der Waals surface area contributed by atoms with Gasteiger partial charge in [-0.3, -0.25) is 9.59 Å². The SMILES string of the molecule is COc1cc(CO)cc2c1O[C@@H]1[C@@H](O)[C@H](N(CC(F)(F)F)C(=O)C3CCCC3)C=C(C(=O)NCCO)[C@H]21. The molecule has 4 rings (SSSR count). The highest BCUT2D eigenvalue weighted by Gasteiger charge is 2.53. The van der Waals surface area contributed by atoms with Crippen molar-refractivity contribution in [1.29, 1.82) is 0 Å². The van der Waals surface area contributed by atoms with E-state index in [1.54, 1.807) is 6.07 Å². The van der Waals surface area contributed by atoms with Crippen molar-refractivity contribution in [3.63, 3.8) is 0 Å². The molecule has 4 atom stereocenters. The predicted octanol–water partition coefficient (Wildman–Crippen LogP) is 1.39. The number of aliphatic hydroxyl groups is 3. The van der Waals surface area contributed by atoms with Gasteiger partial charge in [-0.1, -0.05) is 12.8 Å². The van der Waals surface area contributed by atoms with Gasteiger partial charge in [0.2, 0.25) is 11.8 Å². The van der Waals surface area contributed by atoms with Crippen molar-refractivity contribution >= 4 is 11.8 Å². The van der Waals surface area contributed by atoms with Crippen molar-refractivity contribution in [3.8, 4) is 11.5 Å². The second-order valence-electron chi connectivity index (χ2n) is 9.58. The summed E-state index contributed by atoms with van der Waals surface area (Å²) in [7, 11) is 1.37. The van der Waals surface area contributed by atoms with Gasteiger partial charge in [-0.2, -0.15) is 13.2 Å². The van der Waals surface area contributed by atoms with Crippen LogP contribution in [0.15, 0.2) is 23.8 Å². The molecular formula is C25H31F3N2O7. The minimum atomic E-state index is -4.74. The Bertz CT molecular complexity index is 1060. The fourth-order valence-electron chi connectivity index (χ4n) is 5.55. The molecular weight excluding hydrogens is 497 g/mol. The number of hydrogen-bond donors (Lipinski definition) is 4. The van der Waals surface area contributed by atoms with Crippen molar-refractivity contribution in [2.45, 2.75) is 62.6 Å². The number of carbonyl (C=O) groups excluding carboxylic acids is 2. The molecule has 4 N–H and O–H groups in total. The third-order valence-electron chi connectivity index (χ3n) is 7.19. The van der Waals surface area contributed by atoms with E-state index in [-0.39, 0.29) is 36.8 Å². The normalized spacial score (nSPS) is 25.1. The van der Waals surface area contributed by atoms with Gasteiger partial charge in [0.05, 0.1) is 32.3 Å². The predicted molar refractivity (Wildman–Crippen MR) is 124 cm³/mol. The molecule has 1 heterocycles. The van der Waals surface area contributed by atoms with Crippen molar-refractivity contribution in [2.75, 3.05) is 26.8 Å². The Morgan fingerprint density at radius 2 is 1.92 bits per heavy atom. The van der Waals surface area contributed by atoms with Crippen LogP contribution in [0.3, 0.4) is 0 Å². The van der Waals surface area contributed by atoms with E-state index in [0.29, 0.717) is 28.9 Å². The van der Waals surface area contributed by atoms with Crippen molar-refractivity contribution in [2.24, 2.45) is 5.92 Å². The van der Waals surface area contributed by atoms with Crippen LogP contribution in [0.5, 0.6) is 11.5 Å². The summed E-state index contributed by atoms with van der Waals surface area (Å²) < 4.78 is 52.3. The molecule has 1 aliphatic heterocycles. The van der Waals surface area contributed by atoms with Crippen LogP contribution in [0.1, 0.15) is 42.7 Å². The zero-order chi connectivity index (χ0) is 26.9. The molecule has 12 heteroatoms. The number of aliphatic hydroxyl groups excluding tert-OH is 3. The largest absolute Gasteiger partial charge is 0.493 e. The van der Waals surface area contributed by atoms with E-state index in [9.17, 15) is 38.1 Å². The first-order valence-corrected chi connectivity index (χ1v) is 12.2. The van der Waals surface area contributed by atoms with Crippen molar-refractivity contribution < 1.29 is 47.6 Å². The zero-order valence-electron chi connectivity index (χ0n) is 20.3. The maximum absolute atomic E-state index is 13.6. The number of rotatable bonds is 8. The zero-order valence-corrected chi connectivity index (χ0v) is 20.3. The molecule has 9 nitrogen and oxygen atoms in total. The Labute approximate surface area is 211 Å². The van der Waals surface area contributed by atoms with Crippen LogP contribution in [0.25, 0.3) is 0 Å². The number of halogens is 3. The van der Waals surface area contributed by atoms with Crippen molar-refractivity contribution in [1.82, 2.24) is 10.2 Å². The van der Waals surface area contributed by atoms with Crippen LogP contribution in [-0.4, -0.2) is 83.3 Å². The lowest BCUT2D eigenvalue weighted by Gasteiger charge is -2.41. The summed E-state index contributed by atoms with van der Waals surface area (Å²) >= 11 is 0. The van der Waals surface area contributed by atoms with Crippen molar-refractivity contribution in [3.05, 3.63) is 34.9 Å². The van der Waals surface area contributed by atoms with Crippen LogP contribution in [0, 0.1) is 5.92 Å². The summed E-state index contributed by atoms with van der Waals surface area (Å²) in [6.07, 6.45) is -3.97. The lowest BCUT2D eigenvalue weighted by atomic mass is 9.77. The van der Waals surface area contributed by atoms with Crippen LogP contribution in [0.2, 0.25) is 0 Å². The molecule has 37 heavy (non-hydrogen) atoms. The molecule has 0 bridgehead atoms. The lowest BCUT2D eigenvalue weighted by Crippen LogP contribution is -2.58. The summed E-state index contributed by atoms with van der Waals surface area (Å²) in [6, 6.07) is 1.62. The van der Waals surface area contributed by atoms with Gasteiger partial charge in [0, 0.05) is 23.6 Å². The standard InChI is InChI=1S/C25H31F3N2O7/c1-36-18-9-13(11-32)8-15-19-16(23(34)29-6-7-31)10-17(20(33)22(19)37-21(15)18)30(12-25(26,27)28)24(35)14-4-2-3-5-14/h8-10,14,17,19-20,22,31-33H,2-7,11-12H2,1H3,(H,29,34)/t17-,19+,20+,22+/m1/s1. The molecule has 0 radical (unpaired) electrons. The van der Waals surface area contributed by atoms with Gasteiger partial charge in [0.25, 0.3) is 0 Å². The Balaban J connectivity index is 1.81. The van der Waals surface area contributed by atoms with Gasteiger partial charge in [-0.25, -0.2) is 0 Å². The fraction of sp³-hybridized carbons (Fsp3) is 0.600. The molecule has 1 aromatic rings. The first-order chi connectivity index (χ1) is 17.6. The maximum Gasteiger partial charge on any atom is 0.406 e. The highest BCUT2D eigenvalue weighted by atomic mass is 19.4. The Morgan fingerprint density at radius 3 is 2.51 bits per heavy atom. The van der Waals surface area contributed by atoms with Gasteiger partial charge in [0.15, 0.2) is 11.5 Å². The van der Waals surface area contributed by atoms with E-state index in [0.717, 1.165) is 12.8 Å². The van der Waals surface area contributed by atoms with E-state index >= 15 is 0 Å². The molecule has 0 saturated heterocycles. The number of nitrogens with zero attached hydrogens (tertiary/aromatic N) is 1. The molecule has 0 unspecified atom stereocenters. The Hall–Kier alpha value is -2.83. The molecule has 204 valence electrons. The first-order valence-electron chi connectivity index (χ1n) is 12.2. The number of fused-ring (bicyclic) bond motifs is 3. The topological polar surface area (TPSA) is 129 Å². The molecule has 2 amide bonds. The number of amides is 2. The minimum absolute atomic E-state index is 0.00367. The molecule has 2 aliphatic carbocycles. The minimum Gasteiger partial charge on any atom is -0.493 e. The molecule has 1 aromatic carbocycles. The molecule has 1 fully saturated rings. The Kier molecular flexibility index (Phi) is 8.00. The molecule has 0 spiro atoms. The van der Waals surface area contributed by atoms with Crippen LogP contribution in [-0.2, 0) is 16.2 Å². The average Bonchev–Trinajstić information content (AvgIpc) is 3.53. The summed E-state index contributed by atoms with van der Waals surface area (Å²) in [5, 5.41) is 32.7. The van der Waals surface area contributed by atoms with E-state index in [1.165, 1.54) is 19.3 Å². The van der Waals surface area contributed by atoms with Crippen LogP contribution < -0.4 is 14.8 Å². The summed E-state index contributed by atoms with van der Waals surface area (Å²) in [5.41, 5.74) is 0.860. The monoisotopic (exact) mass is 528 g/mol. The van der Waals surface area contributed by atoms with E-state index in [2.05, 4.69) is 5.32 Å². The molecule has 1 saturated carbocycles. The quantitative estimate of drug-likeness (QED) is 0.402. The van der Waals surface area contributed by atoms with Crippen LogP contribution >= 0.6 is 0 Å². The van der Waals surface area contributed by atoms with Gasteiger partial charge < -0.3 is 35.0 Å². The molecule has 0 aromatic heterocycles. The summed E-state index contributed by atoms with van der Waals surface area (Å²) in [4.78, 5) is 27.1. The number of methoxy groups -OCH3 is 1. The van der Waals surface area contributed by atoms with Gasteiger partial charge in [-0.05, 0) is 36.6 Å². The number of ether oxygens (including phenoxy) is 2. The number of benzene rings is 1. The van der Waals surface area contributed by atoms with Crippen LogP contribution in [0.4, 0.5) is 13.2 Å². The number of alkyl halides is 3. The van der Waals surface area contributed by atoms with E-state index in [1.807, 2.05) is 0 Å². The maximum atomic E-state index is 13.6. The number of nitrogens with one attached hydrogen (secondary N) is 1. The van der Waals surface area contributed by atoms with E-state index < -0.39 is 54.6 Å². The number of hydrogen-bond acceptors (Lipinski definition) is 7. The smallest absolute Gasteiger partial charge is 0.406 e. The highest BCUT2D eigenvalue weighted by molar-refractivity contribution is 5.96.